The quantitative estimate of drug-likeness (QED) is 0.205. The topological polar surface area (TPSA) is 147 Å². The molecule has 2 amide bonds. The monoisotopic (exact) mass is 644 g/mol. The Morgan fingerprint density at radius 1 is 1.09 bits per heavy atom. The first-order valence-electron chi connectivity index (χ1n) is 14.5. The Bertz CT molecular complexity index is 2260. The summed E-state index contributed by atoms with van der Waals surface area (Å²) in [5.74, 6) is -2.63. The van der Waals surface area contributed by atoms with Gasteiger partial charge in [-0.05, 0) is 48.7 Å². The summed E-state index contributed by atoms with van der Waals surface area (Å²) in [5.41, 5.74) is -1.64. The summed E-state index contributed by atoms with van der Waals surface area (Å²) in [6.07, 6.45) is -3.40. The lowest BCUT2D eigenvalue weighted by Crippen LogP contribution is -2.34. The van der Waals surface area contributed by atoms with Crippen LogP contribution in [-0.2, 0) is 16.3 Å². The van der Waals surface area contributed by atoms with E-state index in [2.05, 4.69) is 15.3 Å². The average molecular weight is 645 g/mol. The van der Waals surface area contributed by atoms with E-state index in [-0.39, 0.29) is 40.9 Å². The number of carbonyl (C=O) groups excluding carboxylic acids is 4. The minimum atomic E-state index is -4.95. The zero-order valence-electron chi connectivity index (χ0n) is 24.6. The molecular formula is C33H23F3N4O7. The minimum absolute atomic E-state index is 0.0700. The van der Waals surface area contributed by atoms with Crippen molar-refractivity contribution in [1.29, 1.82) is 0 Å². The molecule has 2 aromatic carbocycles. The highest BCUT2D eigenvalue weighted by Gasteiger charge is 2.69. The summed E-state index contributed by atoms with van der Waals surface area (Å²) in [6, 6.07) is 13.4. The smallest absolute Gasteiger partial charge is 0.432 e. The maximum absolute atomic E-state index is 14.0. The summed E-state index contributed by atoms with van der Waals surface area (Å²) in [7, 11) is 2.49. The van der Waals surface area contributed by atoms with Gasteiger partial charge in [0.05, 0.1) is 30.9 Å². The Kier molecular flexibility index (Phi) is 5.86. The van der Waals surface area contributed by atoms with Crippen LogP contribution in [0.4, 0.5) is 18.9 Å². The van der Waals surface area contributed by atoms with Crippen molar-refractivity contribution in [2.75, 3.05) is 26.1 Å². The Labute approximate surface area is 262 Å². The van der Waals surface area contributed by atoms with Gasteiger partial charge >= 0.3 is 12.1 Å². The Balaban J connectivity index is 1.08. The fraction of sp³-hybridized carbons (Fsp3) is 0.212. The molecule has 2 fully saturated rings. The van der Waals surface area contributed by atoms with Gasteiger partial charge in [0.15, 0.2) is 5.76 Å². The zero-order valence-corrected chi connectivity index (χ0v) is 24.6. The average Bonchev–Trinajstić information content (AvgIpc) is 3.51. The molecule has 2 atom stereocenters. The molecule has 3 aliphatic rings. The molecular weight excluding hydrogens is 621 g/mol. The predicted octanol–water partition coefficient (Wildman–Crippen LogP) is 5.80. The molecule has 3 aromatic heterocycles. The van der Waals surface area contributed by atoms with Crippen molar-refractivity contribution in [3.8, 4) is 5.75 Å². The number of furan rings is 1. The molecule has 238 valence electrons. The fourth-order valence-corrected chi connectivity index (χ4v) is 7.09. The van der Waals surface area contributed by atoms with Gasteiger partial charge in [-0.25, -0.2) is 4.79 Å². The molecule has 8 rings (SSSR count). The second-order valence-electron chi connectivity index (χ2n) is 11.7. The molecule has 0 bridgehead atoms. The van der Waals surface area contributed by atoms with Crippen LogP contribution in [0.3, 0.4) is 0 Å². The molecule has 0 radical (unpaired) electrons. The molecule has 11 nitrogen and oxygen atoms in total. The maximum atomic E-state index is 14.0. The molecule has 3 N–H and O–H groups in total. The van der Waals surface area contributed by atoms with Crippen molar-refractivity contribution in [3.05, 3.63) is 94.3 Å². The second kappa shape index (κ2) is 9.61. The number of ether oxygens (including phenoxy) is 2. The number of ketones is 1. The molecule has 1 aliphatic heterocycles. The number of alkyl halides is 3. The van der Waals surface area contributed by atoms with E-state index in [9.17, 15) is 32.3 Å². The number of halogens is 3. The molecule has 47 heavy (non-hydrogen) atoms. The number of hydrogen-bond donors (Lipinski definition) is 3. The highest BCUT2D eigenvalue weighted by Crippen LogP contribution is 2.68. The number of methoxy groups -OCH3 is 2. The number of fused-ring (bicyclic) bond motifs is 3. The van der Waals surface area contributed by atoms with Crippen molar-refractivity contribution in [1.82, 2.24) is 14.9 Å². The Morgan fingerprint density at radius 2 is 1.89 bits per heavy atom. The molecule has 5 aromatic rings. The number of amides is 2. The first kappa shape index (κ1) is 28.7. The number of aromatic amines is 2. The summed E-state index contributed by atoms with van der Waals surface area (Å²) in [6.45, 7) is 0.142. The van der Waals surface area contributed by atoms with Gasteiger partial charge in [-0.2, -0.15) is 13.2 Å². The van der Waals surface area contributed by atoms with Gasteiger partial charge < -0.3 is 34.1 Å². The lowest BCUT2D eigenvalue weighted by molar-refractivity contribution is -0.141. The van der Waals surface area contributed by atoms with E-state index >= 15 is 0 Å². The zero-order chi connectivity index (χ0) is 33.0. The number of nitrogens with zero attached hydrogens (tertiary/aromatic N) is 1. The van der Waals surface area contributed by atoms with Crippen molar-refractivity contribution < 1.29 is 46.2 Å². The van der Waals surface area contributed by atoms with E-state index in [1.807, 2.05) is 0 Å². The van der Waals surface area contributed by atoms with Crippen LogP contribution in [0.25, 0.3) is 21.9 Å². The van der Waals surface area contributed by atoms with Gasteiger partial charge in [-0.3, -0.25) is 14.4 Å². The number of hydrogen-bond acceptors (Lipinski definition) is 7. The number of anilines is 1. The molecule has 2 aliphatic carbocycles. The van der Waals surface area contributed by atoms with E-state index < -0.39 is 46.4 Å². The van der Waals surface area contributed by atoms with Gasteiger partial charge in [0.25, 0.3) is 11.8 Å². The maximum Gasteiger partial charge on any atom is 0.432 e. The molecule has 4 heterocycles. The van der Waals surface area contributed by atoms with Crippen LogP contribution in [0, 0.1) is 5.92 Å². The number of likely N-dealkylation sites (tertiary alicyclic amines) is 1. The summed E-state index contributed by atoms with van der Waals surface area (Å²) in [5, 5.41) is 4.03. The third-order valence-electron chi connectivity index (χ3n) is 9.21. The van der Waals surface area contributed by atoms with Gasteiger partial charge in [0, 0.05) is 52.0 Å². The number of piperidine rings is 1. The van der Waals surface area contributed by atoms with Gasteiger partial charge in [0.1, 0.15) is 22.7 Å². The predicted molar refractivity (Wildman–Crippen MR) is 159 cm³/mol. The standard InChI is InChI=1S/C33H23F3N4O7/c1-45-21-4-3-5-22-17(21)10-23(47-22)29(42)37-16-6-7-18-14(8-16)9-19(38-18)30(43)40-13-15-12-32(15)24(40)11-20(41)27-26(32)25(31(44)46-2)28(39-27)33(34,35)36/h3-11,15,38-39H,12-13H2,1-2H3,(H,37,42)/t15-,32-/m1/s1. The molecule has 0 unspecified atom stereocenters. The Hall–Kier alpha value is -5.79. The number of nitrogens with one attached hydrogen (secondary N) is 3. The summed E-state index contributed by atoms with van der Waals surface area (Å²) >= 11 is 0. The van der Waals surface area contributed by atoms with Crippen molar-refractivity contribution >= 4 is 51.1 Å². The number of allylic oxidation sites excluding steroid dienone is 2. The van der Waals surface area contributed by atoms with E-state index in [4.69, 9.17) is 13.9 Å². The SMILES string of the molecule is COC(=O)c1c(C(F)(F)F)[nH]c2c1[C@]13C[C@@H]1CN(C(=O)c1cc4cc(NC(=O)c5cc6c(OC)cccc6o5)ccc4[nH]1)C3=CC2=O. The first-order chi connectivity index (χ1) is 22.4. The van der Waals surface area contributed by atoms with E-state index in [1.54, 1.807) is 48.5 Å². The molecule has 1 spiro atoms. The van der Waals surface area contributed by atoms with Gasteiger partial charge in [-0.1, -0.05) is 6.07 Å². The number of aromatic nitrogens is 2. The van der Waals surface area contributed by atoms with Crippen molar-refractivity contribution in [3.63, 3.8) is 0 Å². The van der Waals surface area contributed by atoms with Crippen LogP contribution in [0.1, 0.15) is 59.6 Å². The van der Waals surface area contributed by atoms with Crippen LogP contribution < -0.4 is 10.1 Å². The van der Waals surface area contributed by atoms with Crippen LogP contribution in [-0.4, -0.2) is 59.2 Å². The number of rotatable bonds is 5. The van der Waals surface area contributed by atoms with E-state index in [0.717, 1.165) is 7.11 Å². The fourth-order valence-electron chi connectivity index (χ4n) is 7.09. The van der Waals surface area contributed by atoms with Gasteiger partial charge in [0.2, 0.25) is 5.78 Å². The number of benzene rings is 2. The minimum Gasteiger partial charge on any atom is -0.496 e. The number of carbonyl (C=O) groups is 4. The third-order valence-corrected chi connectivity index (χ3v) is 9.21. The second-order valence-corrected chi connectivity index (χ2v) is 11.7. The number of esters is 1. The first-order valence-corrected chi connectivity index (χ1v) is 14.5. The van der Waals surface area contributed by atoms with Crippen LogP contribution in [0.5, 0.6) is 5.75 Å². The van der Waals surface area contributed by atoms with Gasteiger partial charge in [-0.15, -0.1) is 0 Å². The highest BCUT2D eigenvalue weighted by atomic mass is 19.4. The van der Waals surface area contributed by atoms with Crippen molar-refractivity contribution in [2.45, 2.75) is 18.0 Å². The highest BCUT2D eigenvalue weighted by molar-refractivity contribution is 6.12. The molecule has 1 saturated carbocycles. The van der Waals surface area contributed by atoms with Crippen molar-refractivity contribution in [2.24, 2.45) is 5.92 Å². The largest absolute Gasteiger partial charge is 0.496 e. The third kappa shape index (κ3) is 4.06. The molecule has 14 heteroatoms. The lowest BCUT2D eigenvalue weighted by atomic mass is 9.82. The van der Waals surface area contributed by atoms with Crippen LogP contribution in [0.15, 0.2) is 64.7 Å². The molecule has 1 saturated heterocycles. The normalized spacial score (nSPS) is 19.7. The Morgan fingerprint density at radius 3 is 2.64 bits per heavy atom. The summed E-state index contributed by atoms with van der Waals surface area (Å²) in [4.78, 5) is 59.2. The van der Waals surface area contributed by atoms with E-state index in [1.165, 1.54) is 18.1 Å². The van der Waals surface area contributed by atoms with E-state index in [0.29, 0.717) is 39.7 Å². The summed E-state index contributed by atoms with van der Waals surface area (Å²) < 4.78 is 57.6. The van der Waals surface area contributed by atoms with Crippen LogP contribution >= 0.6 is 0 Å². The number of H-pyrrole nitrogens is 2. The lowest BCUT2D eigenvalue weighted by Gasteiger charge is -2.28. The van der Waals surface area contributed by atoms with Crippen LogP contribution in [0.2, 0.25) is 0 Å².